The Morgan fingerprint density at radius 1 is 1.10 bits per heavy atom. The molecule has 0 fully saturated rings. The second kappa shape index (κ2) is 4.91. The van der Waals surface area contributed by atoms with Crippen molar-refractivity contribution in [3.8, 4) is 0 Å². The second-order valence-corrected chi connectivity index (χ2v) is 5.90. The Kier molecular flexibility index (Phi) is 3.22. The zero-order chi connectivity index (χ0) is 14.3. The van der Waals surface area contributed by atoms with Gasteiger partial charge in [-0.25, -0.2) is 0 Å². The average Bonchev–Trinajstić information content (AvgIpc) is 2.81. The van der Waals surface area contributed by atoms with Gasteiger partial charge < -0.3 is 4.98 Å². The summed E-state index contributed by atoms with van der Waals surface area (Å²) in [6.45, 7) is 3.96. The van der Waals surface area contributed by atoms with Gasteiger partial charge in [0.25, 0.3) is 0 Å². The van der Waals surface area contributed by atoms with E-state index in [-0.39, 0.29) is 5.78 Å². The van der Waals surface area contributed by atoms with Gasteiger partial charge in [-0.2, -0.15) is 0 Å². The highest BCUT2D eigenvalue weighted by Crippen LogP contribution is 2.26. The fraction of sp³-hybridized carbons (Fsp3) is 0.118. The highest BCUT2D eigenvalue weighted by atomic mass is 79.9. The first-order valence-electron chi connectivity index (χ1n) is 6.45. The van der Waals surface area contributed by atoms with Crippen LogP contribution in [0.5, 0.6) is 0 Å². The van der Waals surface area contributed by atoms with Crippen LogP contribution in [0.4, 0.5) is 0 Å². The molecule has 0 saturated heterocycles. The number of halogens is 1. The molecule has 2 aromatic carbocycles. The number of rotatable bonds is 2. The molecule has 0 aliphatic heterocycles. The number of carbonyl (C=O) groups excluding carboxylic acids is 1. The molecule has 3 aromatic rings. The van der Waals surface area contributed by atoms with E-state index < -0.39 is 0 Å². The van der Waals surface area contributed by atoms with E-state index in [9.17, 15) is 4.79 Å². The highest BCUT2D eigenvalue weighted by Gasteiger charge is 2.17. The molecule has 0 saturated carbocycles. The lowest BCUT2D eigenvalue weighted by molar-refractivity contribution is 0.103. The number of ketones is 1. The molecule has 0 aliphatic carbocycles. The van der Waals surface area contributed by atoms with Gasteiger partial charge in [-0.15, -0.1) is 0 Å². The van der Waals surface area contributed by atoms with Crippen LogP contribution < -0.4 is 0 Å². The van der Waals surface area contributed by atoms with E-state index in [2.05, 4.69) is 20.9 Å². The van der Waals surface area contributed by atoms with E-state index in [4.69, 9.17) is 0 Å². The summed E-state index contributed by atoms with van der Waals surface area (Å²) in [5, 5.41) is 0.959. The van der Waals surface area contributed by atoms with Gasteiger partial charge in [-0.1, -0.05) is 40.2 Å². The molecule has 1 N–H and O–H groups in total. The molecule has 3 heteroatoms. The number of fused-ring (bicyclic) bond motifs is 1. The van der Waals surface area contributed by atoms with E-state index >= 15 is 0 Å². The zero-order valence-corrected chi connectivity index (χ0v) is 12.9. The van der Waals surface area contributed by atoms with Crippen LogP contribution in [-0.4, -0.2) is 10.8 Å². The van der Waals surface area contributed by atoms with E-state index in [1.807, 2.05) is 50.2 Å². The molecule has 1 aromatic heterocycles. The largest absolute Gasteiger partial charge is 0.360 e. The van der Waals surface area contributed by atoms with Crippen LogP contribution in [0, 0.1) is 13.8 Å². The number of H-pyrrole nitrogens is 1. The number of hydrogen-bond acceptors (Lipinski definition) is 1. The molecule has 0 radical (unpaired) electrons. The van der Waals surface area contributed by atoms with Gasteiger partial charge in [0.2, 0.25) is 0 Å². The molecule has 1 heterocycles. The van der Waals surface area contributed by atoms with Gasteiger partial charge >= 0.3 is 0 Å². The SMILES string of the molecule is Cc1cccc(C)c1C(=O)c1c[nH]c2cc(Br)ccc12. The standard InChI is InChI=1S/C17H14BrNO/c1-10-4-3-5-11(2)16(10)17(20)14-9-19-15-8-12(18)6-7-13(14)15/h3-9,19H,1-2H3. The van der Waals surface area contributed by atoms with Gasteiger partial charge in [0.15, 0.2) is 5.78 Å². The molecule has 0 aliphatic rings. The van der Waals surface area contributed by atoms with Gasteiger partial charge in [0.05, 0.1) is 0 Å². The van der Waals surface area contributed by atoms with Crippen LogP contribution in [0.25, 0.3) is 10.9 Å². The fourth-order valence-corrected chi connectivity index (χ4v) is 2.95. The minimum absolute atomic E-state index is 0.0779. The third-order valence-corrected chi connectivity index (χ3v) is 4.09. The molecule has 20 heavy (non-hydrogen) atoms. The van der Waals surface area contributed by atoms with Crippen molar-refractivity contribution in [1.29, 1.82) is 0 Å². The number of aryl methyl sites for hydroxylation is 2. The quantitative estimate of drug-likeness (QED) is 0.675. The number of nitrogens with one attached hydrogen (secondary N) is 1. The lowest BCUT2D eigenvalue weighted by Crippen LogP contribution is -2.05. The summed E-state index contributed by atoms with van der Waals surface area (Å²) in [6, 6.07) is 11.8. The molecule has 2 nitrogen and oxygen atoms in total. The molecule has 0 atom stereocenters. The van der Waals surface area contributed by atoms with Gasteiger partial charge in [0.1, 0.15) is 0 Å². The maximum atomic E-state index is 12.8. The van der Waals surface area contributed by atoms with Crippen molar-refractivity contribution in [2.75, 3.05) is 0 Å². The highest BCUT2D eigenvalue weighted by molar-refractivity contribution is 9.10. The number of benzene rings is 2. The number of aromatic amines is 1. The van der Waals surface area contributed by atoms with Gasteiger partial charge in [-0.05, 0) is 37.1 Å². The molecular weight excluding hydrogens is 314 g/mol. The minimum Gasteiger partial charge on any atom is -0.360 e. The van der Waals surface area contributed by atoms with E-state index in [1.54, 1.807) is 6.20 Å². The smallest absolute Gasteiger partial charge is 0.195 e. The number of hydrogen-bond donors (Lipinski definition) is 1. The first-order valence-corrected chi connectivity index (χ1v) is 7.25. The molecular formula is C17H14BrNO. The summed E-state index contributed by atoms with van der Waals surface area (Å²) in [4.78, 5) is 16.0. The number of aromatic nitrogens is 1. The fourth-order valence-electron chi connectivity index (χ4n) is 2.59. The Morgan fingerprint density at radius 3 is 2.50 bits per heavy atom. The minimum atomic E-state index is 0.0779. The summed E-state index contributed by atoms with van der Waals surface area (Å²) < 4.78 is 0.998. The third-order valence-electron chi connectivity index (χ3n) is 3.60. The molecule has 0 amide bonds. The van der Waals surface area contributed by atoms with Gasteiger partial charge in [0, 0.05) is 32.7 Å². The van der Waals surface area contributed by atoms with Crippen LogP contribution in [0.15, 0.2) is 47.1 Å². The number of carbonyl (C=O) groups is 1. The summed E-state index contributed by atoms with van der Waals surface area (Å²) in [7, 11) is 0. The van der Waals surface area contributed by atoms with E-state index in [0.717, 1.165) is 37.6 Å². The summed E-state index contributed by atoms with van der Waals surface area (Å²) in [5.74, 6) is 0.0779. The normalized spacial score (nSPS) is 10.9. The van der Waals surface area contributed by atoms with Crippen LogP contribution in [-0.2, 0) is 0 Å². The second-order valence-electron chi connectivity index (χ2n) is 4.99. The first kappa shape index (κ1) is 13.1. The molecule has 3 rings (SSSR count). The molecule has 100 valence electrons. The third kappa shape index (κ3) is 2.08. The van der Waals surface area contributed by atoms with Crippen molar-refractivity contribution in [3.05, 3.63) is 69.3 Å². The summed E-state index contributed by atoms with van der Waals surface area (Å²) >= 11 is 3.44. The van der Waals surface area contributed by atoms with Crippen LogP contribution in [0.3, 0.4) is 0 Å². The predicted molar refractivity (Wildman–Crippen MR) is 85.3 cm³/mol. The van der Waals surface area contributed by atoms with Crippen molar-refractivity contribution >= 4 is 32.6 Å². The molecule has 0 unspecified atom stereocenters. The van der Waals surface area contributed by atoms with Crippen LogP contribution in [0.2, 0.25) is 0 Å². The summed E-state index contributed by atoms with van der Waals surface area (Å²) in [5.41, 5.74) is 4.53. The average molecular weight is 328 g/mol. The maximum Gasteiger partial charge on any atom is 0.195 e. The van der Waals surface area contributed by atoms with Crippen molar-refractivity contribution in [3.63, 3.8) is 0 Å². The Balaban J connectivity index is 2.18. The lowest BCUT2D eigenvalue weighted by Gasteiger charge is -2.07. The Bertz CT molecular complexity index is 797. The zero-order valence-electron chi connectivity index (χ0n) is 11.3. The predicted octanol–water partition coefficient (Wildman–Crippen LogP) is 4.78. The maximum absolute atomic E-state index is 12.8. The van der Waals surface area contributed by atoms with Crippen molar-refractivity contribution in [2.45, 2.75) is 13.8 Å². The van der Waals surface area contributed by atoms with E-state index in [0.29, 0.717) is 0 Å². The Morgan fingerprint density at radius 2 is 1.80 bits per heavy atom. The topological polar surface area (TPSA) is 32.9 Å². The monoisotopic (exact) mass is 327 g/mol. The lowest BCUT2D eigenvalue weighted by atomic mass is 9.95. The van der Waals surface area contributed by atoms with Gasteiger partial charge in [-0.3, -0.25) is 4.79 Å². The van der Waals surface area contributed by atoms with Crippen molar-refractivity contribution in [2.24, 2.45) is 0 Å². The first-order chi connectivity index (χ1) is 9.58. The van der Waals surface area contributed by atoms with Crippen molar-refractivity contribution < 1.29 is 4.79 Å². The van der Waals surface area contributed by atoms with Crippen LogP contribution >= 0.6 is 15.9 Å². The molecule has 0 bridgehead atoms. The Labute approximate surface area is 126 Å². The summed E-state index contributed by atoms with van der Waals surface area (Å²) in [6.07, 6.45) is 1.80. The van der Waals surface area contributed by atoms with Crippen LogP contribution in [0.1, 0.15) is 27.0 Å². The van der Waals surface area contributed by atoms with E-state index in [1.165, 1.54) is 0 Å². The molecule has 0 spiro atoms. The van der Waals surface area contributed by atoms with Crippen molar-refractivity contribution in [1.82, 2.24) is 4.98 Å². The Hall–Kier alpha value is -1.87.